The molecule has 0 saturated carbocycles. The predicted octanol–water partition coefficient (Wildman–Crippen LogP) is 9.33. The minimum absolute atomic E-state index is 0. The van der Waals surface area contributed by atoms with Crippen LogP contribution in [-0.2, 0) is 21.1 Å². The van der Waals surface area contributed by atoms with Gasteiger partial charge in [0.15, 0.2) is 0 Å². The van der Waals surface area contributed by atoms with Crippen LogP contribution in [0, 0.1) is 19.1 Å². The van der Waals surface area contributed by atoms with E-state index in [1.54, 1.807) is 22.9 Å². The Hall–Kier alpha value is -4.35. The average molecular weight is 774 g/mol. The Morgan fingerprint density at radius 2 is 1.57 bits per heavy atom. The number of pyridine rings is 1. The van der Waals surface area contributed by atoms with E-state index in [1.807, 2.05) is 48.7 Å². The summed E-state index contributed by atoms with van der Waals surface area (Å²) in [7, 11) is 0. The fourth-order valence-corrected chi connectivity index (χ4v) is 6.52. The van der Waals surface area contributed by atoms with Gasteiger partial charge in [0, 0.05) is 38.5 Å². The quantitative estimate of drug-likeness (QED) is 0.129. The SMILES string of the molecule is [2H]C([2H])([2H])N1[OH+]N(c2[c-]c(Sc3[c-]c4c(cc3)c3ccccc3n4-c3cc(-c4ccccc4C)ccn3)ccc2)c2ccccc21.[Pt]. The van der Waals surface area contributed by atoms with Crippen LogP contribution in [0.1, 0.15) is 9.68 Å². The van der Waals surface area contributed by atoms with E-state index in [0.717, 1.165) is 48.0 Å². The Morgan fingerprint density at radius 3 is 2.45 bits per heavy atom. The van der Waals surface area contributed by atoms with Crippen molar-refractivity contribution in [3.63, 3.8) is 0 Å². The fourth-order valence-electron chi connectivity index (χ4n) is 5.70. The number of hydroxylamine groups is 1. The number of rotatable bonds is 5. The van der Waals surface area contributed by atoms with Gasteiger partial charge in [0.05, 0.1) is 11.1 Å². The third-order valence-electron chi connectivity index (χ3n) is 7.71. The smallest absolute Gasteiger partial charge is 0.145 e. The standard InChI is InChI=1S/C37H26N4OS.Pt/c1-25-10-3-4-13-30(25)26-20-21-38-37(22-26)40-33-15-6-5-14-31(33)32-19-18-29(24-36(32)40)43-28-12-9-11-27(23-28)41-35-17-8-7-16-34(35)39(2)42-41;/h3-22H,1-2H3;/q-2;/p+1/i2D3;. The molecule has 2 aromatic heterocycles. The zero-order valence-electron chi connectivity index (χ0n) is 26.5. The fraction of sp³-hybridized carbons (Fsp3) is 0.0541. The molecular formula is C37H27N4OPtS-. The Kier molecular flexibility index (Phi) is 6.61. The molecule has 5 aromatic carbocycles. The molecule has 1 aliphatic heterocycles. The molecule has 0 radical (unpaired) electrons. The number of fused-ring (bicyclic) bond motifs is 4. The van der Waals surface area contributed by atoms with Crippen molar-refractivity contribution in [1.29, 1.82) is 0 Å². The zero-order chi connectivity index (χ0) is 31.4. The van der Waals surface area contributed by atoms with Crippen molar-refractivity contribution in [3.8, 4) is 16.9 Å². The molecule has 218 valence electrons. The molecule has 5 nitrogen and oxygen atoms in total. The van der Waals surface area contributed by atoms with Gasteiger partial charge in [-0.05, 0) is 59.3 Å². The number of aryl methyl sites for hydroxylation is 1. The van der Waals surface area contributed by atoms with Gasteiger partial charge in [0.25, 0.3) is 0 Å². The first kappa shape index (κ1) is 25.0. The first-order valence-electron chi connectivity index (χ1n) is 15.4. The van der Waals surface area contributed by atoms with Crippen LogP contribution < -0.4 is 10.1 Å². The molecule has 1 N–H and O–H groups in total. The zero-order valence-corrected chi connectivity index (χ0v) is 26.6. The molecule has 0 amide bonds. The van der Waals surface area contributed by atoms with E-state index in [2.05, 4.69) is 95.3 Å². The third kappa shape index (κ3) is 4.89. The maximum Gasteiger partial charge on any atom is 0.145 e. The van der Waals surface area contributed by atoms with E-state index >= 15 is 0 Å². The van der Waals surface area contributed by atoms with Crippen LogP contribution >= 0.6 is 11.8 Å². The van der Waals surface area contributed by atoms with Crippen LogP contribution in [0.3, 0.4) is 0 Å². The summed E-state index contributed by atoms with van der Waals surface area (Å²) < 4.78 is 26.1. The summed E-state index contributed by atoms with van der Waals surface area (Å²) in [6.45, 7) is -0.284. The maximum absolute atomic E-state index is 7.97. The van der Waals surface area contributed by atoms with Crippen molar-refractivity contribution in [2.45, 2.75) is 16.7 Å². The van der Waals surface area contributed by atoms with Gasteiger partial charge >= 0.3 is 0 Å². The molecule has 0 saturated heterocycles. The van der Waals surface area contributed by atoms with E-state index < -0.39 is 6.98 Å². The Balaban J connectivity index is 0.00000351. The van der Waals surface area contributed by atoms with Crippen molar-refractivity contribution in [3.05, 3.63) is 139 Å². The van der Waals surface area contributed by atoms with Crippen molar-refractivity contribution >= 4 is 50.6 Å². The largest absolute Gasteiger partial charge is 0.319 e. The molecule has 0 atom stereocenters. The molecule has 8 rings (SSSR count). The normalized spacial score (nSPS) is 13.8. The van der Waals surface area contributed by atoms with Gasteiger partial charge in [0.2, 0.25) is 0 Å². The number of benzene rings is 5. The van der Waals surface area contributed by atoms with E-state index in [4.69, 9.17) is 9.10 Å². The van der Waals surface area contributed by atoms with Crippen molar-refractivity contribution in [2.24, 2.45) is 0 Å². The van der Waals surface area contributed by atoms with E-state index in [-0.39, 0.29) is 21.1 Å². The van der Waals surface area contributed by atoms with Crippen molar-refractivity contribution in [1.82, 2.24) is 9.55 Å². The summed E-state index contributed by atoms with van der Waals surface area (Å²) in [6, 6.07) is 45.4. The number of aromatic nitrogens is 2. The van der Waals surface area contributed by atoms with Gasteiger partial charge in [-0.3, -0.25) is 0 Å². The Morgan fingerprint density at radius 1 is 0.773 bits per heavy atom. The van der Waals surface area contributed by atoms with Gasteiger partial charge in [-0.2, -0.15) is 29.2 Å². The molecule has 0 unspecified atom stereocenters. The first-order chi connectivity index (χ1) is 22.3. The molecule has 0 fully saturated rings. The number of para-hydroxylation sites is 3. The van der Waals surface area contributed by atoms with E-state index in [0.29, 0.717) is 17.1 Å². The monoisotopic (exact) mass is 773 g/mol. The summed E-state index contributed by atoms with van der Waals surface area (Å²) >= 11 is 1.54. The van der Waals surface area contributed by atoms with Gasteiger partial charge in [-0.25, -0.2) is 4.98 Å². The summed E-state index contributed by atoms with van der Waals surface area (Å²) in [5.41, 5.74) is 7.36. The minimum atomic E-state index is -2.41. The summed E-state index contributed by atoms with van der Waals surface area (Å²) in [4.78, 5) is 11.0. The summed E-state index contributed by atoms with van der Waals surface area (Å²) in [6.07, 6.45) is 1.87. The Bertz CT molecular complexity index is 2270. The Labute approximate surface area is 279 Å². The average Bonchev–Trinajstić information content (AvgIpc) is 3.62. The third-order valence-corrected chi connectivity index (χ3v) is 8.62. The second-order valence-corrected chi connectivity index (χ2v) is 11.4. The van der Waals surface area contributed by atoms with Crippen molar-refractivity contribution in [2.75, 3.05) is 17.1 Å². The number of anilines is 3. The molecular weight excluding hydrogens is 744 g/mol. The van der Waals surface area contributed by atoms with E-state index in [1.165, 1.54) is 11.1 Å². The molecule has 0 aliphatic carbocycles. The first-order valence-corrected chi connectivity index (χ1v) is 14.8. The van der Waals surface area contributed by atoms with Gasteiger partial charge < -0.3 is 4.57 Å². The van der Waals surface area contributed by atoms with E-state index in [9.17, 15) is 0 Å². The topological polar surface area (TPSA) is 37.1 Å². The van der Waals surface area contributed by atoms with Crippen LogP contribution in [0.5, 0.6) is 0 Å². The molecule has 1 aliphatic rings. The van der Waals surface area contributed by atoms with Crippen LogP contribution in [-0.4, -0.2) is 21.5 Å². The minimum Gasteiger partial charge on any atom is -0.319 e. The number of hydrogen-bond donors (Lipinski definition) is 0. The molecule has 7 aromatic rings. The van der Waals surface area contributed by atoms with Crippen LogP contribution in [0.15, 0.2) is 131 Å². The van der Waals surface area contributed by atoms with Crippen LogP contribution in [0.25, 0.3) is 38.8 Å². The summed E-state index contributed by atoms with van der Waals surface area (Å²) in [5.74, 6) is 0.826. The number of nitrogens with zero attached hydrogens (tertiary/aromatic N) is 4. The second kappa shape index (κ2) is 11.6. The molecule has 0 spiro atoms. The predicted molar refractivity (Wildman–Crippen MR) is 176 cm³/mol. The molecule has 0 bridgehead atoms. The van der Waals surface area contributed by atoms with Crippen LogP contribution in [0.4, 0.5) is 17.1 Å². The van der Waals surface area contributed by atoms with Crippen molar-refractivity contribution < 1.29 is 30.1 Å². The molecule has 7 heteroatoms. The second-order valence-electron chi connectivity index (χ2n) is 10.4. The summed E-state index contributed by atoms with van der Waals surface area (Å²) in [5, 5.41) is 4.94. The van der Waals surface area contributed by atoms with Gasteiger partial charge in [-0.1, -0.05) is 60.1 Å². The number of hydrogen-bond acceptors (Lipinski definition) is 4. The molecule has 3 heterocycles. The van der Waals surface area contributed by atoms with Crippen LogP contribution in [0.2, 0.25) is 0 Å². The maximum atomic E-state index is 7.97. The molecule has 44 heavy (non-hydrogen) atoms. The van der Waals surface area contributed by atoms with Gasteiger partial charge in [-0.15, -0.1) is 55.3 Å². The van der Waals surface area contributed by atoms with Gasteiger partial charge in [0.1, 0.15) is 17.2 Å².